The van der Waals surface area contributed by atoms with Crippen LogP contribution in [0, 0.1) is 0 Å². The largest absolute Gasteiger partial charge is 0.122 e. The molecule has 0 heterocycles. The van der Waals surface area contributed by atoms with Gasteiger partial charge >= 0.3 is 0 Å². The van der Waals surface area contributed by atoms with Gasteiger partial charge in [-0.25, -0.2) is 0 Å². The van der Waals surface area contributed by atoms with E-state index in [1.54, 1.807) is 0 Å². The average Bonchev–Trinajstić information content (AvgIpc) is 2.29. The van der Waals surface area contributed by atoms with Gasteiger partial charge in [-0.05, 0) is 12.8 Å². The first-order valence-electron chi connectivity index (χ1n) is 6.23. The Bertz CT molecular complexity index is 129. The zero-order valence-corrected chi connectivity index (χ0v) is 13.5. The van der Waals surface area contributed by atoms with Crippen LogP contribution in [0.25, 0.3) is 0 Å². The Hall–Kier alpha value is 1.28. The molecule has 0 aliphatic carbocycles. The Morgan fingerprint density at radius 3 is 1.50 bits per heavy atom. The summed E-state index contributed by atoms with van der Waals surface area (Å²) >= 11 is 12.4. The summed E-state index contributed by atoms with van der Waals surface area (Å²) in [7, 11) is 3.75. The minimum Gasteiger partial charge on any atom is -0.122 e. The maximum absolute atomic E-state index is 6.19. The summed E-state index contributed by atoms with van der Waals surface area (Å²) in [5.41, 5.74) is 0. The highest BCUT2D eigenvalue weighted by molar-refractivity contribution is 8.76. The number of hydrogen-bond donors (Lipinski definition) is 0. The van der Waals surface area contributed by atoms with Gasteiger partial charge in [0.15, 0.2) is 0 Å². The quantitative estimate of drug-likeness (QED) is 0.262. The minimum atomic E-state index is 0.335. The van der Waals surface area contributed by atoms with Crippen molar-refractivity contribution < 1.29 is 0 Å². The molecule has 0 radical (unpaired) electrons. The normalized spacial score (nSPS) is 15.0. The monoisotopic (exact) mass is 302 g/mol. The molecular formula is C12H24Cl2S2. The minimum absolute atomic E-state index is 0.335. The molecule has 0 nitrogen and oxygen atoms in total. The second kappa shape index (κ2) is 12.7. The Morgan fingerprint density at radius 2 is 1.19 bits per heavy atom. The van der Waals surface area contributed by atoms with Gasteiger partial charge in [0.1, 0.15) is 0 Å². The topological polar surface area (TPSA) is 0 Å². The summed E-state index contributed by atoms with van der Waals surface area (Å²) in [4.78, 5) is 0. The molecule has 0 spiro atoms. The summed E-state index contributed by atoms with van der Waals surface area (Å²) in [6.45, 7) is 4.41. The SMILES string of the molecule is CCCCC(Cl)CSSCC(Cl)CCCC. The third-order valence-electron chi connectivity index (χ3n) is 2.32. The lowest BCUT2D eigenvalue weighted by atomic mass is 10.2. The van der Waals surface area contributed by atoms with Crippen LogP contribution in [0.4, 0.5) is 0 Å². The highest BCUT2D eigenvalue weighted by atomic mass is 35.5. The molecule has 0 fully saturated rings. The predicted octanol–water partition coefficient (Wildman–Crippen LogP) is 5.96. The van der Waals surface area contributed by atoms with Crippen LogP contribution in [-0.4, -0.2) is 22.3 Å². The lowest BCUT2D eigenvalue weighted by molar-refractivity contribution is 0.712. The van der Waals surface area contributed by atoms with Gasteiger partial charge in [-0.2, -0.15) is 0 Å². The molecule has 0 saturated heterocycles. The van der Waals surface area contributed by atoms with Gasteiger partial charge in [-0.3, -0.25) is 0 Å². The van der Waals surface area contributed by atoms with Gasteiger partial charge in [-0.1, -0.05) is 61.1 Å². The smallest absolute Gasteiger partial charge is 0.0434 e. The van der Waals surface area contributed by atoms with E-state index >= 15 is 0 Å². The molecule has 2 atom stereocenters. The lowest BCUT2D eigenvalue weighted by Crippen LogP contribution is -2.03. The van der Waals surface area contributed by atoms with Crippen LogP contribution in [0.5, 0.6) is 0 Å². The van der Waals surface area contributed by atoms with Crippen molar-refractivity contribution >= 4 is 44.8 Å². The molecule has 16 heavy (non-hydrogen) atoms. The zero-order chi connectivity index (χ0) is 12.2. The molecule has 0 rings (SSSR count). The van der Waals surface area contributed by atoms with E-state index in [1.807, 2.05) is 21.6 Å². The van der Waals surface area contributed by atoms with Gasteiger partial charge in [0.2, 0.25) is 0 Å². The van der Waals surface area contributed by atoms with Crippen molar-refractivity contribution in [3.63, 3.8) is 0 Å². The molecule has 0 saturated carbocycles. The second-order valence-electron chi connectivity index (χ2n) is 4.05. The van der Waals surface area contributed by atoms with Gasteiger partial charge in [0, 0.05) is 22.3 Å². The Kier molecular flexibility index (Phi) is 13.7. The summed E-state index contributed by atoms with van der Waals surface area (Å²) in [5, 5.41) is 0.670. The third kappa shape index (κ3) is 11.8. The molecule has 98 valence electrons. The molecule has 0 aromatic heterocycles. The van der Waals surface area contributed by atoms with Crippen LogP contribution < -0.4 is 0 Å². The highest BCUT2D eigenvalue weighted by Crippen LogP contribution is 2.28. The number of rotatable bonds is 11. The van der Waals surface area contributed by atoms with Crippen LogP contribution in [0.15, 0.2) is 0 Å². The molecule has 0 N–H and O–H groups in total. The predicted molar refractivity (Wildman–Crippen MR) is 83.2 cm³/mol. The number of alkyl halides is 2. The standard InChI is InChI=1S/C12H24Cl2S2/c1-3-5-7-11(13)9-15-16-10-12(14)8-6-4-2/h11-12H,3-10H2,1-2H3. The molecule has 4 heteroatoms. The molecule has 0 amide bonds. The summed E-state index contributed by atoms with van der Waals surface area (Å²) < 4.78 is 0. The summed E-state index contributed by atoms with van der Waals surface area (Å²) in [6, 6.07) is 0. The third-order valence-corrected chi connectivity index (χ3v) is 5.99. The number of unbranched alkanes of at least 4 members (excludes halogenated alkanes) is 2. The van der Waals surface area contributed by atoms with Crippen molar-refractivity contribution in [2.75, 3.05) is 11.5 Å². The highest BCUT2D eigenvalue weighted by Gasteiger charge is 2.07. The maximum atomic E-state index is 6.19. The summed E-state index contributed by atoms with van der Waals surface area (Å²) in [6.07, 6.45) is 7.25. The Balaban J connectivity index is 3.24. The molecule has 0 bridgehead atoms. The molecule has 0 aromatic rings. The van der Waals surface area contributed by atoms with Crippen molar-refractivity contribution in [3.05, 3.63) is 0 Å². The van der Waals surface area contributed by atoms with E-state index in [9.17, 15) is 0 Å². The van der Waals surface area contributed by atoms with E-state index in [0.29, 0.717) is 10.8 Å². The van der Waals surface area contributed by atoms with Gasteiger partial charge in [0.25, 0.3) is 0 Å². The fraction of sp³-hybridized carbons (Fsp3) is 1.00. The molecular weight excluding hydrogens is 279 g/mol. The van der Waals surface area contributed by atoms with E-state index in [1.165, 1.54) is 25.7 Å². The Morgan fingerprint density at radius 1 is 0.812 bits per heavy atom. The molecule has 0 aliphatic heterocycles. The van der Waals surface area contributed by atoms with E-state index < -0.39 is 0 Å². The van der Waals surface area contributed by atoms with Crippen molar-refractivity contribution in [3.8, 4) is 0 Å². The van der Waals surface area contributed by atoms with E-state index in [-0.39, 0.29) is 0 Å². The zero-order valence-electron chi connectivity index (χ0n) is 10.4. The fourth-order valence-electron chi connectivity index (χ4n) is 1.26. The first kappa shape index (κ1) is 17.3. The summed E-state index contributed by atoms with van der Waals surface area (Å²) in [5.74, 6) is 2.09. The van der Waals surface area contributed by atoms with Gasteiger partial charge < -0.3 is 0 Å². The first-order valence-corrected chi connectivity index (χ1v) is 9.59. The van der Waals surface area contributed by atoms with Gasteiger partial charge in [-0.15, -0.1) is 23.2 Å². The second-order valence-corrected chi connectivity index (χ2v) is 7.83. The fourth-order valence-corrected chi connectivity index (χ4v) is 4.78. The van der Waals surface area contributed by atoms with E-state index in [4.69, 9.17) is 23.2 Å². The van der Waals surface area contributed by atoms with E-state index in [2.05, 4.69) is 13.8 Å². The first-order chi connectivity index (χ1) is 7.70. The number of halogens is 2. The van der Waals surface area contributed by atoms with Crippen LogP contribution in [0.1, 0.15) is 52.4 Å². The molecule has 2 unspecified atom stereocenters. The van der Waals surface area contributed by atoms with E-state index in [0.717, 1.165) is 24.3 Å². The Labute approximate surface area is 119 Å². The number of hydrogen-bond acceptors (Lipinski definition) is 2. The van der Waals surface area contributed by atoms with Crippen LogP contribution in [0.2, 0.25) is 0 Å². The van der Waals surface area contributed by atoms with Crippen molar-refractivity contribution in [2.45, 2.75) is 63.1 Å². The molecule has 0 aliphatic rings. The van der Waals surface area contributed by atoms with Crippen LogP contribution in [-0.2, 0) is 0 Å². The van der Waals surface area contributed by atoms with Crippen molar-refractivity contribution in [2.24, 2.45) is 0 Å². The van der Waals surface area contributed by atoms with Crippen LogP contribution in [0.3, 0.4) is 0 Å². The average molecular weight is 303 g/mol. The van der Waals surface area contributed by atoms with Crippen molar-refractivity contribution in [1.82, 2.24) is 0 Å². The lowest BCUT2D eigenvalue weighted by Gasteiger charge is -2.10. The van der Waals surface area contributed by atoms with Crippen molar-refractivity contribution in [1.29, 1.82) is 0 Å². The maximum Gasteiger partial charge on any atom is 0.0434 e. The van der Waals surface area contributed by atoms with Crippen LogP contribution >= 0.6 is 44.8 Å². The van der Waals surface area contributed by atoms with Gasteiger partial charge in [0.05, 0.1) is 0 Å². The molecule has 0 aromatic carbocycles.